The minimum absolute atomic E-state index is 0.0601. The third-order valence-corrected chi connectivity index (χ3v) is 5.48. The summed E-state index contributed by atoms with van der Waals surface area (Å²) < 4.78 is 12.2. The highest BCUT2D eigenvalue weighted by Crippen LogP contribution is 2.25. The monoisotopic (exact) mass is 528 g/mol. The third-order valence-electron chi connectivity index (χ3n) is 5.48. The molecule has 0 radical (unpaired) electrons. The van der Waals surface area contributed by atoms with Gasteiger partial charge in [-0.1, -0.05) is 48.5 Å². The number of anilines is 2. The number of para-hydroxylation sites is 1. The van der Waals surface area contributed by atoms with Gasteiger partial charge in [-0.05, 0) is 29.8 Å². The number of benzene rings is 3. The fraction of sp³-hybridized carbons (Fsp3) is 0.107. The zero-order valence-electron chi connectivity index (χ0n) is 21.0. The van der Waals surface area contributed by atoms with E-state index >= 15 is 0 Å². The summed E-state index contributed by atoms with van der Waals surface area (Å²) in [5.41, 5.74) is 5.40. The molecule has 0 spiro atoms. The van der Waals surface area contributed by atoms with Gasteiger partial charge in [0.2, 0.25) is 0 Å². The van der Waals surface area contributed by atoms with Gasteiger partial charge in [-0.15, -0.1) is 0 Å². The van der Waals surface area contributed by atoms with Crippen molar-refractivity contribution in [1.82, 2.24) is 9.13 Å². The van der Waals surface area contributed by atoms with Gasteiger partial charge in [0, 0.05) is 25.5 Å². The first-order valence-corrected chi connectivity index (χ1v) is 11.7. The van der Waals surface area contributed by atoms with E-state index < -0.39 is 29.1 Å². The fourth-order valence-corrected chi connectivity index (χ4v) is 3.85. The molecule has 1 aromatic heterocycles. The Hall–Kier alpha value is -5.45. The topological polar surface area (TPSA) is 152 Å². The second-order valence-electron chi connectivity index (χ2n) is 8.43. The molecular weight excluding hydrogens is 504 g/mol. The number of nitrogen functional groups attached to an aromatic ring is 1. The average Bonchev–Trinajstić information content (AvgIpc) is 2.89. The van der Waals surface area contributed by atoms with Gasteiger partial charge in [-0.25, -0.2) is 9.36 Å². The summed E-state index contributed by atoms with van der Waals surface area (Å²) in [4.78, 5) is 63.2. The summed E-state index contributed by atoms with van der Waals surface area (Å²) in [6, 6.07) is 21.0. The van der Waals surface area contributed by atoms with E-state index in [2.05, 4.69) is 5.32 Å². The summed E-state index contributed by atoms with van der Waals surface area (Å²) in [6.07, 6.45) is 0. The van der Waals surface area contributed by atoms with Crippen LogP contribution < -0.4 is 31.8 Å². The van der Waals surface area contributed by atoms with Gasteiger partial charge in [0.1, 0.15) is 23.0 Å². The van der Waals surface area contributed by atoms with Crippen molar-refractivity contribution in [3.05, 3.63) is 111 Å². The van der Waals surface area contributed by atoms with Crippen LogP contribution in [0, 0.1) is 0 Å². The van der Waals surface area contributed by atoms with E-state index in [-0.39, 0.29) is 35.1 Å². The number of ether oxygens (including phenoxy) is 2. The van der Waals surface area contributed by atoms with Crippen molar-refractivity contribution in [1.29, 1.82) is 0 Å². The molecule has 0 aliphatic heterocycles. The van der Waals surface area contributed by atoms with Crippen LogP contribution in [0.3, 0.4) is 0 Å². The van der Waals surface area contributed by atoms with Crippen molar-refractivity contribution in [3.63, 3.8) is 0 Å². The Morgan fingerprint density at radius 1 is 0.821 bits per heavy atom. The fourth-order valence-electron chi connectivity index (χ4n) is 3.85. The van der Waals surface area contributed by atoms with Gasteiger partial charge in [0.15, 0.2) is 0 Å². The molecule has 0 aliphatic carbocycles. The quantitative estimate of drug-likeness (QED) is 0.274. The molecule has 0 atom stereocenters. The number of nitrogens with one attached hydrogen (secondary N) is 1. The van der Waals surface area contributed by atoms with Gasteiger partial charge in [0.05, 0.1) is 12.2 Å². The van der Waals surface area contributed by atoms with Crippen molar-refractivity contribution < 1.29 is 23.9 Å². The lowest BCUT2D eigenvalue weighted by Crippen LogP contribution is -2.42. The van der Waals surface area contributed by atoms with Crippen LogP contribution in [0.2, 0.25) is 0 Å². The van der Waals surface area contributed by atoms with Crippen LogP contribution in [0.25, 0.3) is 5.69 Å². The Labute approximate surface area is 222 Å². The van der Waals surface area contributed by atoms with Crippen molar-refractivity contribution in [2.24, 2.45) is 0 Å². The van der Waals surface area contributed by atoms with Crippen LogP contribution in [-0.4, -0.2) is 27.0 Å². The molecule has 0 unspecified atom stereocenters. The van der Waals surface area contributed by atoms with E-state index in [0.29, 0.717) is 11.3 Å². The number of nitrogens with zero attached hydrogens (tertiary/aromatic N) is 2. The zero-order chi connectivity index (χ0) is 28.1. The molecule has 4 aromatic rings. The van der Waals surface area contributed by atoms with Crippen molar-refractivity contribution in [3.8, 4) is 17.2 Å². The molecule has 11 nitrogen and oxygen atoms in total. The number of carbonyl (C=O) groups is 3. The van der Waals surface area contributed by atoms with E-state index in [4.69, 9.17) is 15.2 Å². The standard InChI is InChI=1S/C28H24N4O7/c1-17(33)38-22-13-20(14-23(15-22)39-18(2)34)26(35)30-24-25(29)32(21-11-7-4-8-12-21)28(37)31(27(24)36)16-19-9-5-3-6-10-19/h3-15H,16,29H2,1-2H3,(H,30,35). The summed E-state index contributed by atoms with van der Waals surface area (Å²) in [7, 11) is 0. The minimum Gasteiger partial charge on any atom is -0.427 e. The number of hydrogen-bond donors (Lipinski definition) is 2. The normalized spacial score (nSPS) is 10.5. The van der Waals surface area contributed by atoms with Crippen LogP contribution in [0.15, 0.2) is 88.5 Å². The maximum absolute atomic E-state index is 13.5. The number of carbonyl (C=O) groups excluding carboxylic acids is 3. The first kappa shape index (κ1) is 26.6. The second kappa shape index (κ2) is 11.3. The Balaban J connectivity index is 1.84. The molecule has 0 bridgehead atoms. The molecule has 1 amide bonds. The highest BCUT2D eigenvalue weighted by Gasteiger charge is 2.22. The maximum Gasteiger partial charge on any atom is 0.337 e. The Morgan fingerprint density at radius 3 is 1.90 bits per heavy atom. The lowest BCUT2D eigenvalue weighted by atomic mass is 10.1. The van der Waals surface area contributed by atoms with Gasteiger partial charge >= 0.3 is 17.6 Å². The molecule has 4 rings (SSSR count). The average molecular weight is 529 g/mol. The predicted molar refractivity (Wildman–Crippen MR) is 143 cm³/mol. The van der Waals surface area contributed by atoms with Crippen LogP contribution in [-0.2, 0) is 16.1 Å². The lowest BCUT2D eigenvalue weighted by molar-refractivity contribution is -0.132. The molecule has 198 valence electrons. The maximum atomic E-state index is 13.5. The highest BCUT2D eigenvalue weighted by atomic mass is 16.5. The van der Waals surface area contributed by atoms with Gasteiger partial charge in [-0.3, -0.25) is 23.7 Å². The number of rotatable bonds is 7. The molecule has 1 heterocycles. The zero-order valence-corrected chi connectivity index (χ0v) is 21.0. The first-order chi connectivity index (χ1) is 18.6. The summed E-state index contributed by atoms with van der Waals surface area (Å²) in [5, 5.41) is 2.48. The van der Waals surface area contributed by atoms with Crippen LogP contribution in [0.4, 0.5) is 11.5 Å². The second-order valence-corrected chi connectivity index (χ2v) is 8.43. The largest absolute Gasteiger partial charge is 0.427 e. The minimum atomic E-state index is -0.828. The van der Waals surface area contributed by atoms with E-state index in [1.807, 2.05) is 0 Å². The van der Waals surface area contributed by atoms with Crippen LogP contribution in [0.5, 0.6) is 11.5 Å². The number of hydrogen-bond acceptors (Lipinski definition) is 8. The first-order valence-electron chi connectivity index (χ1n) is 11.7. The smallest absolute Gasteiger partial charge is 0.337 e. The number of nitrogens with two attached hydrogens (primary N) is 1. The van der Waals surface area contributed by atoms with E-state index in [1.165, 1.54) is 32.0 Å². The molecule has 39 heavy (non-hydrogen) atoms. The summed E-state index contributed by atoms with van der Waals surface area (Å²) in [5.74, 6) is -2.56. The Morgan fingerprint density at radius 2 is 1.36 bits per heavy atom. The van der Waals surface area contributed by atoms with E-state index in [9.17, 15) is 24.0 Å². The van der Waals surface area contributed by atoms with E-state index in [1.54, 1.807) is 60.7 Å². The molecule has 11 heteroatoms. The molecule has 3 aromatic carbocycles. The SMILES string of the molecule is CC(=O)Oc1cc(OC(C)=O)cc(C(=O)Nc2c(N)n(-c3ccccc3)c(=O)n(Cc3ccccc3)c2=O)c1. The van der Waals surface area contributed by atoms with Crippen molar-refractivity contribution in [2.45, 2.75) is 20.4 Å². The van der Waals surface area contributed by atoms with Gasteiger partial charge in [0.25, 0.3) is 11.5 Å². The molecule has 0 aliphatic rings. The summed E-state index contributed by atoms with van der Waals surface area (Å²) >= 11 is 0. The number of esters is 2. The molecule has 0 saturated carbocycles. The molecule has 0 saturated heterocycles. The summed E-state index contributed by atoms with van der Waals surface area (Å²) in [6.45, 7) is 2.26. The van der Waals surface area contributed by atoms with Crippen LogP contribution >= 0.6 is 0 Å². The molecule has 0 fully saturated rings. The molecular formula is C28H24N4O7. The molecule has 3 N–H and O–H groups in total. The van der Waals surface area contributed by atoms with Gasteiger partial charge in [-0.2, -0.15) is 0 Å². The number of amides is 1. The number of aromatic nitrogens is 2. The third kappa shape index (κ3) is 6.10. The van der Waals surface area contributed by atoms with Crippen molar-refractivity contribution >= 4 is 29.4 Å². The Bertz CT molecular complexity index is 1640. The van der Waals surface area contributed by atoms with Crippen molar-refractivity contribution in [2.75, 3.05) is 11.1 Å². The predicted octanol–water partition coefficient (Wildman–Crippen LogP) is 2.73. The lowest BCUT2D eigenvalue weighted by Gasteiger charge is -2.17. The van der Waals surface area contributed by atoms with Crippen LogP contribution in [0.1, 0.15) is 29.8 Å². The highest BCUT2D eigenvalue weighted by molar-refractivity contribution is 6.06. The Kier molecular flexibility index (Phi) is 7.71. The van der Waals surface area contributed by atoms with Gasteiger partial charge < -0.3 is 20.5 Å². The van der Waals surface area contributed by atoms with E-state index in [0.717, 1.165) is 9.13 Å².